The number of rotatable bonds is 27. The molecular weight excluding hydrogens is 1520 g/mol. The van der Waals surface area contributed by atoms with Crippen LogP contribution in [0.15, 0.2) is 480 Å². The molecule has 0 atom stereocenters. The fourth-order valence-electron chi connectivity index (χ4n) is 13.8. The molecule has 118 heavy (non-hydrogen) atoms. The average Bonchev–Trinajstić information content (AvgIpc) is 0.828. The van der Waals surface area contributed by atoms with Gasteiger partial charge in [0.1, 0.15) is 0 Å². The third-order valence-electron chi connectivity index (χ3n) is 20.5. The van der Waals surface area contributed by atoms with Crippen molar-refractivity contribution in [1.29, 1.82) is 0 Å². The van der Waals surface area contributed by atoms with Gasteiger partial charge in [-0.1, -0.05) is 338 Å². The molecular formula is C113H121S5+5. The first kappa shape index (κ1) is 88.9. The van der Waals surface area contributed by atoms with E-state index in [1.54, 1.807) is 0 Å². The van der Waals surface area contributed by atoms with E-state index < -0.39 is 0 Å². The van der Waals surface area contributed by atoms with E-state index in [-0.39, 0.29) is 59.9 Å². The van der Waals surface area contributed by atoms with Crippen molar-refractivity contribution in [2.45, 2.75) is 225 Å². The summed E-state index contributed by atoms with van der Waals surface area (Å²) in [6.07, 6.45) is 15.9. The van der Waals surface area contributed by atoms with E-state index in [2.05, 4.69) is 476 Å². The van der Waals surface area contributed by atoms with Gasteiger partial charge >= 0.3 is 0 Å². The lowest BCUT2D eigenvalue weighted by atomic mass is 9.87. The van der Waals surface area contributed by atoms with Crippen molar-refractivity contribution in [1.82, 2.24) is 0 Å². The number of unbranched alkanes of at least 4 members (excludes halogenated alkanes) is 8. The molecule has 0 saturated carbocycles. The summed E-state index contributed by atoms with van der Waals surface area (Å²) in [7, 11) is -0.186. The van der Waals surface area contributed by atoms with E-state index in [9.17, 15) is 0 Å². The first-order valence-electron chi connectivity index (χ1n) is 42.4. The molecule has 0 aliphatic heterocycles. The largest absolute Gasteiger partial charge is 0.166 e. The highest BCUT2D eigenvalue weighted by molar-refractivity contribution is 7.98. The molecule has 0 aliphatic rings. The van der Waals surface area contributed by atoms with Gasteiger partial charge < -0.3 is 0 Å². The Morgan fingerprint density at radius 3 is 0.508 bits per heavy atom. The zero-order valence-corrected chi connectivity index (χ0v) is 75.3. The van der Waals surface area contributed by atoms with Crippen LogP contribution in [0.4, 0.5) is 0 Å². The van der Waals surface area contributed by atoms with Gasteiger partial charge in [-0.05, 0) is 264 Å². The van der Waals surface area contributed by atoms with Crippen molar-refractivity contribution >= 4 is 54.5 Å². The molecule has 0 nitrogen and oxygen atoms in total. The fourth-order valence-corrected chi connectivity index (χ4v) is 24.2. The lowest BCUT2D eigenvalue weighted by Crippen LogP contribution is -2.11. The predicted molar refractivity (Wildman–Crippen MR) is 515 cm³/mol. The summed E-state index contributed by atoms with van der Waals surface area (Å²) < 4.78 is 0. The van der Waals surface area contributed by atoms with Crippen molar-refractivity contribution < 1.29 is 0 Å². The Labute approximate surface area is 724 Å². The topological polar surface area (TPSA) is 0 Å². The molecule has 0 radical (unpaired) electrons. The minimum Gasteiger partial charge on any atom is -0.0654 e. The molecule has 0 unspecified atom stereocenters. The number of aryl methyl sites for hydroxylation is 7. The molecule has 15 aromatic rings. The van der Waals surface area contributed by atoms with Gasteiger partial charge in [0.25, 0.3) is 0 Å². The monoisotopic (exact) mass is 1640 g/mol. The van der Waals surface area contributed by atoms with Crippen LogP contribution < -0.4 is 0 Å². The summed E-state index contributed by atoms with van der Waals surface area (Å²) in [5, 5.41) is 0. The summed E-state index contributed by atoms with van der Waals surface area (Å²) in [5.41, 5.74) is 11.0. The van der Waals surface area contributed by atoms with Crippen LogP contribution in [0.25, 0.3) is 0 Å². The van der Waals surface area contributed by atoms with Gasteiger partial charge in [0.05, 0.1) is 54.5 Å². The van der Waals surface area contributed by atoms with E-state index in [0.29, 0.717) is 0 Å². The molecule has 0 fully saturated rings. The zero-order chi connectivity index (χ0) is 82.5. The molecule has 0 saturated heterocycles. The molecule has 0 bridgehead atoms. The van der Waals surface area contributed by atoms with Crippen molar-refractivity contribution in [3.63, 3.8) is 0 Å². The highest BCUT2D eigenvalue weighted by Gasteiger charge is 2.33. The Balaban J connectivity index is 0.000000145. The van der Waals surface area contributed by atoms with E-state index in [0.717, 1.165) is 0 Å². The Morgan fingerprint density at radius 1 is 0.169 bits per heavy atom. The molecule has 598 valence electrons. The minimum atomic E-state index is -0.0497. The number of hydrogen-bond acceptors (Lipinski definition) is 0. The van der Waals surface area contributed by atoms with Crippen molar-refractivity contribution in [3.8, 4) is 0 Å². The maximum absolute atomic E-state index is 2.34. The highest BCUT2D eigenvalue weighted by atomic mass is 32.2. The third-order valence-corrected chi connectivity index (χ3v) is 31.7. The maximum Gasteiger partial charge on any atom is 0.166 e. The van der Waals surface area contributed by atoms with E-state index in [1.807, 2.05) is 0 Å². The maximum atomic E-state index is 2.34. The average molecular weight is 1640 g/mol. The van der Waals surface area contributed by atoms with Crippen LogP contribution >= 0.6 is 0 Å². The molecule has 15 aromatic carbocycles. The van der Waals surface area contributed by atoms with Crippen molar-refractivity contribution in [2.75, 3.05) is 0 Å². The van der Waals surface area contributed by atoms with Crippen molar-refractivity contribution in [2.24, 2.45) is 0 Å². The summed E-state index contributed by atoms with van der Waals surface area (Å²) >= 11 is 0. The molecule has 0 aromatic heterocycles. The standard InChI is InChI=1S/C26H31S.C24H27S.C22H23S.C21H21S.C20H19S/c1-2-3-4-5-6-9-14-23-19-21-26(22-20-23)27(24-15-10-7-11-16-24)25-17-12-8-13-18-25;1-2-3-4-7-12-21-17-19-24(20-18-21)25(22-13-8-5-9-14-22)23-15-10-6-11-16-23;1-22(2,3)18-14-16-21(17-15-18)23(19-10-6-4-7-11-19)20-12-8-5-9-13-20;1-16-4-10-19(11-5-16)22(20-12-6-17(2)7-13-20)21-14-8-18(3)9-15-21;1-16-8-12-19(13-9-16)21(18-6-4-3-5-7-18)20-14-10-17(2)11-15-20/h7-8,10-13,15-22H,2-6,9,14H2,1H3;5-6,8-11,13-20H,2-4,7,12H2,1H3;4-17H,1-3H3;4-15H,1-3H3;3-15H,1-2H3/q5*+1. The lowest BCUT2D eigenvalue weighted by Gasteiger charge is -2.19. The van der Waals surface area contributed by atoms with E-state index in [1.165, 1.54) is 195 Å². The van der Waals surface area contributed by atoms with E-state index >= 15 is 0 Å². The smallest absolute Gasteiger partial charge is 0.0654 e. The minimum absolute atomic E-state index is 0.0312. The van der Waals surface area contributed by atoms with Crippen LogP contribution in [0.5, 0.6) is 0 Å². The van der Waals surface area contributed by atoms with Gasteiger partial charge in [-0.15, -0.1) is 0 Å². The second kappa shape index (κ2) is 47.6. The van der Waals surface area contributed by atoms with Crippen LogP contribution in [-0.2, 0) is 72.7 Å². The van der Waals surface area contributed by atoms with Gasteiger partial charge in [0.15, 0.2) is 73.4 Å². The van der Waals surface area contributed by atoms with Gasteiger partial charge in [-0.2, -0.15) is 0 Å². The Morgan fingerprint density at radius 2 is 0.322 bits per heavy atom. The first-order chi connectivity index (χ1) is 57.7. The SMILES string of the molecule is CC(C)(C)c1ccc([S+](c2ccccc2)c2ccccc2)cc1.CCCCCCCCc1ccc([S+](c2ccccc2)c2ccccc2)cc1.CCCCCCc1ccc([S+](c2ccccc2)c2ccccc2)cc1.Cc1ccc([S+](c2ccc(C)cc2)c2ccc(C)cc2)cc1.Cc1ccc([S+](c2ccccc2)c2ccc(C)cc2)cc1. The lowest BCUT2D eigenvalue weighted by molar-refractivity contribution is 0.589. The molecule has 0 spiro atoms. The van der Waals surface area contributed by atoms with E-state index in [4.69, 9.17) is 0 Å². The molecule has 0 heterocycles. The Hall–Kier alpha value is -9.95. The third kappa shape index (κ3) is 27.6. The fraction of sp³-hybridized carbons (Fsp3) is 0.204. The molecule has 0 aliphatic carbocycles. The van der Waals surface area contributed by atoms with Gasteiger partial charge in [0, 0.05) is 0 Å². The summed E-state index contributed by atoms with van der Waals surface area (Å²) in [4.78, 5) is 20.6. The molecule has 5 heteroatoms. The summed E-state index contributed by atoms with van der Waals surface area (Å²) in [5.74, 6) is 0. The number of hydrogen-bond donors (Lipinski definition) is 0. The summed E-state index contributed by atoms with van der Waals surface area (Å²) in [6.45, 7) is 22.0. The Kier molecular flexibility index (Phi) is 35.8. The van der Waals surface area contributed by atoms with Crippen LogP contribution in [0.3, 0.4) is 0 Å². The highest BCUT2D eigenvalue weighted by Crippen LogP contribution is 2.38. The second-order valence-electron chi connectivity index (χ2n) is 31.2. The molecule has 0 N–H and O–H groups in total. The van der Waals surface area contributed by atoms with Gasteiger partial charge in [-0.25, -0.2) is 0 Å². The normalized spacial score (nSPS) is 11.1. The molecule has 0 amide bonds. The molecule has 15 rings (SSSR count). The Bertz CT molecular complexity index is 4960. The zero-order valence-electron chi connectivity index (χ0n) is 71.2. The number of benzene rings is 15. The predicted octanol–water partition coefficient (Wildman–Crippen LogP) is 31.8. The first-order valence-corrected chi connectivity index (χ1v) is 48.5. The van der Waals surface area contributed by atoms with Gasteiger partial charge in [-0.3, -0.25) is 0 Å². The van der Waals surface area contributed by atoms with Crippen molar-refractivity contribution in [3.05, 3.63) is 451 Å². The van der Waals surface area contributed by atoms with Crippen LogP contribution in [0, 0.1) is 34.6 Å². The summed E-state index contributed by atoms with van der Waals surface area (Å²) in [6, 6.07) is 148. The second-order valence-corrected chi connectivity index (χ2v) is 41.3. The quantitative estimate of drug-likeness (QED) is 0.0356. The van der Waals surface area contributed by atoms with Crippen LogP contribution in [0.1, 0.15) is 143 Å². The van der Waals surface area contributed by atoms with Gasteiger partial charge in [0.2, 0.25) is 0 Å². The van der Waals surface area contributed by atoms with Crippen LogP contribution in [0.2, 0.25) is 0 Å². The van der Waals surface area contributed by atoms with Crippen LogP contribution in [-0.4, -0.2) is 0 Å².